The lowest BCUT2D eigenvalue weighted by atomic mass is 9.91. The first-order valence-corrected chi connectivity index (χ1v) is 4.49. The summed E-state index contributed by atoms with van der Waals surface area (Å²) in [6.45, 7) is 10.8. The van der Waals surface area contributed by atoms with Crippen LogP contribution in [0.5, 0.6) is 0 Å². The first-order valence-electron chi connectivity index (χ1n) is 4.49. The zero-order chi connectivity index (χ0) is 7.98. The van der Waals surface area contributed by atoms with Gasteiger partial charge in [0.25, 0.3) is 0 Å². The van der Waals surface area contributed by atoms with Crippen molar-refractivity contribution in [2.45, 2.75) is 46.5 Å². The van der Waals surface area contributed by atoms with E-state index >= 15 is 0 Å². The van der Waals surface area contributed by atoms with Crippen molar-refractivity contribution in [3.8, 4) is 0 Å². The van der Waals surface area contributed by atoms with Crippen LogP contribution in [0.1, 0.15) is 46.5 Å². The van der Waals surface area contributed by atoms with E-state index < -0.39 is 0 Å². The van der Waals surface area contributed by atoms with Gasteiger partial charge in [0.1, 0.15) is 0 Å². The van der Waals surface area contributed by atoms with Gasteiger partial charge in [-0.3, -0.25) is 0 Å². The van der Waals surface area contributed by atoms with Gasteiger partial charge in [0.05, 0.1) is 0 Å². The fraction of sp³-hybridized carbons (Fsp3) is 0.900. The molecule has 1 atom stereocenters. The molecule has 0 rings (SSSR count). The minimum atomic E-state index is 0.858. The minimum Gasteiger partial charge on any atom is -0.0651 e. The summed E-state index contributed by atoms with van der Waals surface area (Å²) in [6, 6.07) is 0. The summed E-state index contributed by atoms with van der Waals surface area (Å²) in [7, 11) is 0. The fourth-order valence-corrected chi connectivity index (χ4v) is 1.44. The molecular formula is C10H21. The van der Waals surface area contributed by atoms with E-state index in [2.05, 4.69) is 27.7 Å². The van der Waals surface area contributed by atoms with E-state index in [1.807, 2.05) is 0 Å². The lowest BCUT2D eigenvalue weighted by molar-refractivity contribution is 0.378. The van der Waals surface area contributed by atoms with Crippen molar-refractivity contribution in [1.29, 1.82) is 0 Å². The van der Waals surface area contributed by atoms with E-state index in [-0.39, 0.29) is 0 Å². The molecule has 10 heavy (non-hydrogen) atoms. The first kappa shape index (κ1) is 10.0. The van der Waals surface area contributed by atoms with Crippen LogP contribution >= 0.6 is 0 Å². The molecule has 0 N–H and O–H groups in total. The Morgan fingerprint density at radius 2 is 1.90 bits per heavy atom. The van der Waals surface area contributed by atoms with Crippen LogP contribution in [0.15, 0.2) is 0 Å². The molecule has 0 aliphatic heterocycles. The van der Waals surface area contributed by atoms with Crippen molar-refractivity contribution >= 4 is 0 Å². The summed E-state index contributed by atoms with van der Waals surface area (Å²) in [6.07, 6.45) is 5.12. The quantitative estimate of drug-likeness (QED) is 0.548. The Hall–Kier alpha value is 0. The van der Waals surface area contributed by atoms with Crippen molar-refractivity contribution in [2.75, 3.05) is 0 Å². The van der Waals surface area contributed by atoms with Gasteiger partial charge >= 0.3 is 0 Å². The molecule has 0 saturated carbocycles. The predicted octanol–water partition coefficient (Wildman–Crippen LogP) is 3.67. The van der Waals surface area contributed by atoms with Crippen LogP contribution in [-0.4, -0.2) is 0 Å². The van der Waals surface area contributed by atoms with Crippen LogP contribution in [0.2, 0.25) is 0 Å². The van der Waals surface area contributed by atoms with Gasteiger partial charge in [-0.05, 0) is 18.3 Å². The van der Waals surface area contributed by atoms with Gasteiger partial charge in [-0.25, -0.2) is 0 Å². The summed E-state index contributed by atoms with van der Waals surface area (Å²) in [5.41, 5.74) is 0. The molecule has 0 fully saturated rings. The first-order chi connectivity index (χ1) is 4.70. The van der Waals surface area contributed by atoms with Crippen molar-refractivity contribution in [3.63, 3.8) is 0 Å². The highest BCUT2D eigenvalue weighted by molar-refractivity contribution is 4.60. The highest BCUT2D eigenvalue weighted by Gasteiger charge is 2.06. The third-order valence-electron chi connectivity index (χ3n) is 1.99. The molecule has 0 saturated heterocycles. The Balaban J connectivity index is 3.39. The third-order valence-corrected chi connectivity index (χ3v) is 1.99. The van der Waals surface area contributed by atoms with Gasteiger partial charge < -0.3 is 0 Å². The Kier molecular flexibility index (Phi) is 5.76. The summed E-state index contributed by atoms with van der Waals surface area (Å²) in [5.74, 6) is 1.79. The van der Waals surface area contributed by atoms with E-state index in [1.54, 1.807) is 0 Å². The molecule has 0 aromatic carbocycles. The Bertz CT molecular complexity index is 64.4. The Morgan fingerprint density at radius 3 is 2.20 bits per heavy atom. The second-order valence-electron chi connectivity index (χ2n) is 3.55. The Morgan fingerprint density at radius 1 is 1.30 bits per heavy atom. The average molecular weight is 141 g/mol. The second-order valence-corrected chi connectivity index (χ2v) is 3.55. The van der Waals surface area contributed by atoms with E-state index in [0.29, 0.717) is 0 Å². The average Bonchev–Trinajstić information content (AvgIpc) is 1.86. The van der Waals surface area contributed by atoms with Gasteiger partial charge in [-0.2, -0.15) is 0 Å². The van der Waals surface area contributed by atoms with Crippen molar-refractivity contribution in [2.24, 2.45) is 11.8 Å². The maximum Gasteiger partial charge on any atom is -0.0414 e. The molecule has 0 heterocycles. The molecule has 1 radical (unpaired) electrons. The van der Waals surface area contributed by atoms with Crippen LogP contribution in [0.3, 0.4) is 0 Å². The highest BCUT2D eigenvalue weighted by atomic mass is 14.1. The van der Waals surface area contributed by atoms with Crippen LogP contribution < -0.4 is 0 Å². The molecule has 0 aromatic rings. The normalized spacial score (nSPS) is 14.1. The third kappa shape index (κ3) is 4.84. The molecule has 0 aromatic heterocycles. The maximum atomic E-state index is 3.88. The molecule has 0 aliphatic carbocycles. The van der Waals surface area contributed by atoms with E-state index in [1.165, 1.54) is 19.3 Å². The minimum absolute atomic E-state index is 0.858. The monoisotopic (exact) mass is 141 g/mol. The van der Waals surface area contributed by atoms with Crippen molar-refractivity contribution < 1.29 is 0 Å². The van der Waals surface area contributed by atoms with Crippen LogP contribution in [-0.2, 0) is 0 Å². The molecule has 0 nitrogen and oxygen atoms in total. The number of rotatable bonds is 5. The van der Waals surface area contributed by atoms with Crippen LogP contribution in [0, 0.1) is 18.8 Å². The van der Waals surface area contributed by atoms with Crippen LogP contribution in [0.4, 0.5) is 0 Å². The van der Waals surface area contributed by atoms with E-state index in [9.17, 15) is 0 Å². The fourth-order valence-electron chi connectivity index (χ4n) is 1.44. The molecule has 0 aliphatic rings. The lowest BCUT2D eigenvalue weighted by Gasteiger charge is -2.15. The SMILES string of the molecule is [CH2]CCC(CC)CC(C)C. The highest BCUT2D eigenvalue weighted by Crippen LogP contribution is 2.19. The van der Waals surface area contributed by atoms with Gasteiger partial charge in [0.2, 0.25) is 0 Å². The summed E-state index contributed by atoms with van der Waals surface area (Å²) >= 11 is 0. The molecule has 61 valence electrons. The topological polar surface area (TPSA) is 0 Å². The Labute approximate surface area is 66.0 Å². The van der Waals surface area contributed by atoms with E-state index in [0.717, 1.165) is 18.3 Å². The predicted molar refractivity (Wildman–Crippen MR) is 47.8 cm³/mol. The molecule has 0 amide bonds. The van der Waals surface area contributed by atoms with Crippen molar-refractivity contribution in [1.82, 2.24) is 0 Å². The van der Waals surface area contributed by atoms with Gasteiger partial charge in [-0.1, -0.05) is 47.0 Å². The second kappa shape index (κ2) is 5.76. The van der Waals surface area contributed by atoms with Gasteiger partial charge in [-0.15, -0.1) is 0 Å². The number of hydrogen-bond donors (Lipinski definition) is 0. The summed E-state index contributed by atoms with van der Waals surface area (Å²) in [4.78, 5) is 0. The zero-order valence-corrected chi connectivity index (χ0v) is 7.69. The molecule has 0 heteroatoms. The summed E-state index contributed by atoms with van der Waals surface area (Å²) in [5, 5.41) is 0. The molecule has 1 unspecified atom stereocenters. The maximum absolute atomic E-state index is 3.88. The van der Waals surface area contributed by atoms with Crippen LogP contribution in [0.25, 0.3) is 0 Å². The molecular weight excluding hydrogens is 120 g/mol. The van der Waals surface area contributed by atoms with Gasteiger partial charge in [0.15, 0.2) is 0 Å². The standard InChI is InChI=1S/C10H21/c1-5-7-10(6-2)8-9(3)4/h9-10H,1,5-8H2,2-4H3. The molecule has 0 spiro atoms. The smallest absolute Gasteiger partial charge is 0.0414 e. The number of hydrogen-bond acceptors (Lipinski definition) is 0. The lowest BCUT2D eigenvalue weighted by Crippen LogP contribution is -2.02. The zero-order valence-electron chi connectivity index (χ0n) is 7.69. The van der Waals surface area contributed by atoms with Gasteiger partial charge in [0, 0.05) is 0 Å². The summed E-state index contributed by atoms with van der Waals surface area (Å²) < 4.78 is 0. The van der Waals surface area contributed by atoms with Crippen molar-refractivity contribution in [3.05, 3.63) is 6.92 Å². The largest absolute Gasteiger partial charge is 0.0651 e. The molecule has 0 bridgehead atoms. The van der Waals surface area contributed by atoms with E-state index in [4.69, 9.17) is 0 Å².